The molecule has 2 aromatic heterocycles. The molecule has 1 fully saturated rings. The molecule has 0 atom stereocenters. The number of aromatic amines is 1. The summed E-state index contributed by atoms with van der Waals surface area (Å²) in [4.78, 5) is 31.7. The molecule has 3 N–H and O–H groups in total. The summed E-state index contributed by atoms with van der Waals surface area (Å²) in [5.41, 5.74) is 3.69. The van der Waals surface area contributed by atoms with E-state index in [4.69, 9.17) is 4.74 Å². The van der Waals surface area contributed by atoms with Gasteiger partial charge in [-0.05, 0) is 55.2 Å². The third-order valence-corrected chi connectivity index (χ3v) is 5.61. The molecular formula is C22H20N4O3. The summed E-state index contributed by atoms with van der Waals surface area (Å²) in [5.74, 6) is 1.22. The minimum atomic E-state index is -0.536. The van der Waals surface area contributed by atoms with Crippen LogP contribution in [0, 0.1) is 6.92 Å². The molecule has 146 valence electrons. The van der Waals surface area contributed by atoms with Gasteiger partial charge < -0.3 is 20.4 Å². The number of carbonyl (C=O) groups excluding carboxylic acids is 1. The van der Waals surface area contributed by atoms with Crippen molar-refractivity contribution in [2.75, 3.05) is 17.4 Å². The van der Waals surface area contributed by atoms with Crippen molar-refractivity contribution in [1.29, 1.82) is 0 Å². The van der Waals surface area contributed by atoms with Gasteiger partial charge in [0.05, 0.1) is 16.8 Å². The summed E-state index contributed by atoms with van der Waals surface area (Å²) in [6, 6.07) is 12.8. The van der Waals surface area contributed by atoms with E-state index in [1.54, 1.807) is 18.3 Å². The van der Waals surface area contributed by atoms with E-state index < -0.39 is 5.41 Å². The van der Waals surface area contributed by atoms with E-state index >= 15 is 0 Å². The van der Waals surface area contributed by atoms with Crippen LogP contribution < -0.4 is 20.9 Å². The number of hydrogen-bond acceptors (Lipinski definition) is 5. The van der Waals surface area contributed by atoms with Crippen LogP contribution in [0.1, 0.15) is 24.0 Å². The molecule has 0 radical (unpaired) electrons. The van der Waals surface area contributed by atoms with Crippen molar-refractivity contribution in [2.45, 2.75) is 25.2 Å². The second kappa shape index (κ2) is 6.48. The normalized spacial score (nSPS) is 15.8. The molecule has 5 rings (SSSR count). The van der Waals surface area contributed by atoms with Gasteiger partial charge in [0, 0.05) is 17.8 Å². The Kier molecular flexibility index (Phi) is 3.91. The largest absolute Gasteiger partial charge is 0.471 e. The number of benzene rings is 1. The van der Waals surface area contributed by atoms with Gasteiger partial charge in [-0.2, -0.15) is 0 Å². The highest BCUT2D eigenvalue weighted by atomic mass is 16.5. The molecule has 3 aromatic rings. The number of aryl methyl sites for hydroxylation is 1. The van der Waals surface area contributed by atoms with Crippen LogP contribution >= 0.6 is 0 Å². The Balaban J connectivity index is 1.41. The van der Waals surface area contributed by atoms with Crippen LogP contribution in [-0.2, 0) is 10.2 Å². The van der Waals surface area contributed by atoms with Crippen LogP contribution in [0.4, 0.5) is 11.5 Å². The molecule has 3 heterocycles. The molecule has 0 spiro atoms. The number of aromatic nitrogens is 2. The van der Waals surface area contributed by atoms with Gasteiger partial charge in [-0.15, -0.1) is 0 Å². The number of rotatable bonds is 4. The van der Waals surface area contributed by atoms with E-state index in [-0.39, 0.29) is 11.5 Å². The monoisotopic (exact) mass is 388 g/mol. The summed E-state index contributed by atoms with van der Waals surface area (Å²) >= 11 is 0. The van der Waals surface area contributed by atoms with E-state index in [2.05, 4.69) is 20.6 Å². The first-order valence-electron chi connectivity index (χ1n) is 9.55. The van der Waals surface area contributed by atoms with E-state index in [1.165, 1.54) is 6.07 Å². The number of nitrogens with zero attached hydrogens (tertiary/aromatic N) is 1. The van der Waals surface area contributed by atoms with Crippen LogP contribution in [0.15, 0.2) is 53.5 Å². The number of anilines is 2. The van der Waals surface area contributed by atoms with Crippen LogP contribution in [0.25, 0.3) is 11.3 Å². The van der Waals surface area contributed by atoms with Crippen molar-refractivity contribution in [3.63, 3.8) is 0 Å². The van der Waals surface area contributed by atoms with Gasteiger partial charge in [0.15, 0.2) is 6.73 Å². The highest BCUT2D eigenvalue weighted by molar-refractivity contribution is 6.01. The lowest BCUT2D eigenvalue weighted by atomic mass is 9.94. The minimum Gasteiger partial charge on any atom is -0.471 e. The Morgan fingerprint density at radius 2 is 2.03 bits per heavy atom. The predicted molar refractivity (Wildman–Crippen MR) is 110 cm³/mol. The van der Waals surface area contributed by atoms with E-state index in [9.17, 15) is 9.59 Å². The molecule has 1 amide bonds. The molecule has 1 saturated carbocycles. The van der Waals surface area contributed by atoms with Crippen molar-refractivity contribution < 1.29 is 9.53 Å². The fourth-order valence-corrected chi connectivity index (χ4v) is 3.73. The Morgan fingerprint density at radius 1 is 1.17 bits per heavy atom. The van der Waals surface area contributed by atoms with E-state index in [0.29, 0.717) is 12.5 Å². The molecule has 0 bridgehead atoms. The SMILES string of the molecule is Cc1ccc(NC(=O)C2(c3ccc4c(c3)OCN4)CC2)nc1-c1ccc(=O)[nH]c1. The minimum absolute atomic E-state index is 0.0628. The third-order valence-electron chi connectivity index (χ3n) is 5.61. The van der Waals surface area contributed by atoms with E-state index in [0.717, 1.165) is 46.7 Å². The summed E-state index contributed by atoms with van der Waals surface area (Å²) in [6.45, 7) is 2.40. The molecule has 29 heavy (non-hydrogen) atoms. The zero-order chi connectivity index (χ0) is 20.0. The Morgan fingerprint density at radius 3 is 2.79 bits per heavy atom. The van der Waals surface area contributed by atoms with Crippen LogP contribution in [0.2, 0.25) is 0 Å². The van der Waals surface area contributed by atoms with Gasteiger partial charge in [0.2, 0.25) is 11.5 Å². The maximum atomic E-state index is 13.1. The zero-order valence-corrected chi connectivity index (χ0v) is 15.9. The average molecular weight is 388 g/mol. The standard InChI is InChI=1S/C22H20N4O3/c1-13-2-6-18(25-20(13)14-3-7-19(27)23-11-14)26-21(28)22(8-9-22)15-4-5-16-17(10-15)29-12-24-16/h2-7,10-11,24H,8-9,12H2,1H3,(H,23,27)(H,25,26,28). The molecule has 1 aliphatic carbocycles. The number of pyridine rings is 2. The van der Waals surface area contributed by atoms with Crippen molar-refractivity contribution >= 4 is 17.4 Å². The summed E-state index contributed by atoms with van der Waals surface area (Å²) in [5, 5.41) is 6.13. The third kappa shape index (κ3) is 3.04. The number of ether oxygens (including phenoxy) is 1. The van der Waals surface area contributed by atoms with Gasteiger partial charge in [-0.25, -0.2) is 4.98 Å². The number of hydrogen-bond donors (Lipinski definition) is 3. The topological polar surface area (TPSA) is 96.1 Å². The number of H-pyrrole nitrogens is 1. The first-order valence-corrected chi connectivity index (χ1v) is 9.55. The molecule has 7 heteroatoms. The number of amides is 1. The zero-order valence-electron chi connectivity index (χ0n) is 15.9. The predicted octanol–water partition coefficient (Wildman–Crippen LogP) is 3.18. The molecular weight excluding hydrogens is 368 g/mol. The molecule has 7 nitrogen and oxygen atoms in total. The van der Waals surface area contributed by atoms with Gasteiger partial charge in [-0.1, -0.05) is 12.1 Å². The lowest BCUT2D eigenvalue weighted by Gasteiger charge is -2.17. The van der Waals surface area contributed by atoms with Crippen molar-refractivity contribution in [2.24, 2.45) is 0 Å². The maximum Gasteiger partial charge on any atom is 0.247 e. The number of nitrogens with one attached hydrogen (secondary N) is 3. The summed E-state index contributed by atoms with van der Waals surface area (Å²) in [7, 11) is 0. The van der Waals surface area contributed by atoms with Crippen molar-refractivity contribution in [3.8, 4) is 17.0 Å². The van der Waals surface area contributed by atoms with Crippen molar-refractivity contribution in [1.82, 2.24) is 9.97 Å². The van der Waals surface area contributed by atoms with Crippen LogP contribution in [-0.4, -0.2) is 22.6 Å². The van der Waals surface area contributed by atoms with Crippen LogP contribution in [0.3, 0.4) is 0 Å². The van der Waals surface area contributed by atoms with Gasteiger partial charge in [-0.3, -0.25) is 9.59 Å². The van der Waals surface area contributed by atoms with Gasteiger partial charge in [0.25, 0.3) is 0 Å². The highest BCUT2D eigenvalue weighted by Gasteiger charge is 2.51. The summed E-state index contributed by atoms with van der Waals surface area (Å²) in [6.07, 6.45) is 3.22. The Bertz CT molecular complexity index is 1160. The second-order valence-electron chi connectivity index (χ2n) is 7.52. The second-order valence-corrected chi connectivity index (χ2v) is 7.52. The van der Waals surface area contributed by atoms with Crippen molar-refractivity contribution in [3.05, 3.63) is 70.1 Å². The number of carbonyl (C=O) groups is 1. The maximum absolute atomic E-state index is 13.1. The summed E-state index contributed by atoms with van der Waals surface area (Å²) < 4.78 is 5.57. The molecule has 1 aromatic carbocycles. The number of fused-ring (bicyclic) bond motifs is 1. The highest BCUT2D eigenvalue weighted by Crippen LogP contribution is 2.50. The van der Waals surface area contributed by atoms with Crippen LogP contribution in [0.5, 0.6) is 5.75 Å². The Hall–Kier alpha value is -3.61. The fraction of sp³-hybridized carbons (Fsp3) is 0.227. The lowest BCUT2D eigenvalue weighted by Crippen LogP contribution is -2.28. The lowest BCUT2D eigenvalue weighted by molar-refractivity contribution is -0.118. The van der Waals surface area contributed by atoms with E-state index in [1.807, 2.05) is 31.2 Å². The molecule has 2 aliphatic rings. The first-order chi connectivity index (χ1) is 14.0. The van der Waals surface area contributed by atoms with Gasteiger partial charge >= 0.3 is 0 Å². The van der Waals surface area contributed by atoms with Gasteiger partial charge in [0.1, 0.15) is 11.6 Å². The molecule has 1 aliphatic heterocycles. The first kappa shape index (κ1) is 17.5. The quantitative estimate of drug-likeness (QED) is 0.638. The Labute approximate surface area is 167 Å². The molecule has 0 saturated heterocycles. The smallest absolute Gasteiger partial charge is 0.247 e. The average Bonchev–Trinajstić information content (AvgIpc) is 3.41. The molecule has 0 unspecified atom stereocenters. The fourth-order valence-electron chi connectivity index (χ4n) is 3.73.